The summed E-state index contributed by atoms with van der Waals surface area (Å²) in [5.41, 5.74) is -2.20. The number of benzene rings is 1. The molecule has 0 fully saturated rings. The second-order valence-electron chi connectivity index (χ2n) is 3.63. The van der Waals surface area contributed by atoms with Crippen LogP contribution in [0.2, 0.25) is 0 Å². The van der Waals surface area contributed by atoms with Gasteiger partial charge in [-0.3, -0.25) is 4.79 Å². The Hall–Kier alpha value is -1.40. The average molecular weight is 303 g/mol. The first kappa shape index (κ1) is 13.7. The van der Waals surface area contributed by atoms with Gasteiger partial charge in [-0.2, -0.15) is 0 Å². The molecule has 17 heavy (non-hydrogen) atoms. The number of phenols is 1. The Kier molecular flexibility index (Phi) is 3.90. The summed E-state index contributed by atoms with van der Waals surface area (Å²) in [7, 11) is 0. The summed E-state index contributed by atoms with van der Waals surface area (Å²) < 4.78 is 5.25. The average Bonchev–Trinajstić information content (AvgIpc) is 2.23. The van der Waals surface area contributed by atoms with E-state index in [4.69, 9.17) is 4.74 Å². The van der Waals surface area contributed by atoms with Crippen molar-refractivity contribution >= 4 is 27.7 Å². The van der Waals surface area contributed by atoms with Gasteiger partial charge >= 0.3 is 5.97 Å². The highest BCUT2D eigenvalue weighted by Crippen LogP contribution is 2.29. The summed E-state index contributed by atoms with van der Waals surface area (Å²) in [6, 6.07) is 4.06. The second-order valence-corrected chi connectivity index (χ2v) is 4.49. The lowest BCUT2D eigenvalue weighted by Gasteiger charge is -2.18. The first-order valence-electron chi connectivity index (χ1n) is 4.69. The molecule has 0 aliphatic heterocycles. The third-order valence-corrected chi connectivity index (χ3v) is 2.86. The number of carbonyl (C=O) groups is 2. The Bertz CT molecular complexity index is 467. The number of esters is 1. The van der Waals surface area contributed by atoms with Crippen molar-refractivity contribution in [2.75, 3.05) is 0 Å². The van der Waals surface area contributed by atoms with E-state index in [1.54, 1.807) is 0 Å². The standard InChI is InChI=1S/C11H11BrO5/c1-6(13)11(2,16)10(15)17-9-5-7(14)3-4-8(9)12/h3-5,14,16H,1-2H3/t11-/m1/s1. The molecule has 1 rings (SSSR count). The number of aliphatic hydroxyl groups is 1. The van der Waals surface area contributed by atoms with Crippen LogP contribution in [0, 0.1) is 0 Å². The number of hydrogen-bond donors (Lipinski definition) is 2. The Labute approximate surface area is 106 Å². The van der Waals surface area contributed by atoms with Gasteiger partial charge in [0, 0.05) is 6.07 Å². The topological polar surface area (TPSA) is 83.8 Å². The lowest BCUT2D eigenvalue weighted by Crippen LogP contribution is -2.45. The Morgan fingerprint density at radius 2 is 2.00 bits per heavy atom. The quantitative estimate of drug-likeness (QED) is 0.501. The fourth-order valence-electron chi connectivity index (χ4n) is 0.913. The van der Waals surface area contributed by atoms with E-state index in [0.29, 0.717) is 4.47 Å². The zero-order valence-electron chi connectivity index (χ0n) is 9.23. The van der Waals surface area contributed by atoms with Crippen LogP contribution in [0.15, 0.2) is 22.7 Å². The first-order chi connectivity index (χ1) is 7.75. The number of aromatic hydroxyl groups is 1. The second kappa shape index (κ2) is 4.85. The van der Waals surface area contributed by atoms with Gasteiger partial charge in [-0.15, -0.1) is 0 Å². The van der Waals surface area contributed by atoms with E-state index in [1.807, 2.05) is 0 Å². The van der Waals surface area contributed by atoms with Crippen molar-refractivity contribution in [1.29, 1.82) is 0 Å². The molecule has 0 saturated heterocycles. The van der Waals surface area contributed by atoms with Gasteiger partial charge in [-0.25, -0.2) is 4.79 Å². The Morgan fingerprint density at radius 3 is 2.53 bits per heavy atom. The minimum atomic E-state index is -2.20. The maximum Gasteiger partial charge on any atom is 0.351 e. The normalized spacial score (nSPS) is 13.9. The van der Waals surface area contributed by atoms with Crippen LogP contribution in [-0.4, -0.2) is 27.6 Å². The molecule has 0 aromatic heterocycles. The van der Waals surface area contributed by atoms with Gasteiger partial charge < -0.3 is 14.9 Å². The molecule has 0 unspecified atom stereocenters. The lowest BCUT2D eigenvalue weighted by molar-refractivity contribution is -0.159. The molecular weight excluding hydrogens is 292 g/mol. The third-order valence-electron chi connectivity index (χ3n) is 2.20. The summed E-state index contributed by atoms with van der Waals surface area (Å²) in [4.78, 5) is 22.6. The number of Topliss-reactive ketones (excluding diaryl/α,β-unsaturated/α-hetero) is 1. The molecule has 6 heteroatoms. The largest absolute Gasteiger partial charge is 0.508 e. The summed E-state index contributed by atoms with van der Waals surface area (Å²) in [5.74, 6) is -1.90. The molecule has 0 heterocycles. The van der Waals surface area contributed by atoms with Crippen LogP contribution >= 0.6 is 15.9 Å². The van der Waals surface area contributed by atoms with E-state index >= 15 is 0 Å². The van der Waals surface area contributed by atoms with E-state index in [1.165, 1.54) is 18.2 Å². The fraction of sp³-hybridized carbons (Fsp3) is 0.273. The minimum absolute atomic E-state index is 0.0246. The molecule has 0 bridgehead atoms. The summed E-state index contributed by atoms with van der Waals surface area (Å²) >= 11 is 3.11. The van der Waals surface area contributed by atoms with Crippen molar-refractivity contribution in [2.24, 2.45) is 0 Å². The smallest absolute Gasteiger partial charge is 0.351 e. The molecule has 92 valence electrons. The number of carbonyl (C=O) groups excluding carboxylic acids is 2. The van der Waals surface area contributed by atoms with Crippen molar-refractivity contribution in [1.82, 2.24) is 0 Å². The van der Waals surface area contributed by atoms with Crippen molar-refractivity contribution < 1.29 is 24.5 Å². The SMILES string of the molecule is CC(=O)[C@@](C)(O)C(=O)Oc1cc(O)ccc1Br. The number of rotatable bonds is 3. The van der Waals surface area contributed by atoms with Crippen LogP contribution in [0.3, 0.4) is 0 Å². The van der Waals surface area contributed by atoms with Gasteiger partial charge in [-0.1, -0.05) is 0 Å². The van der Waals surface area contributed by atoms with Gasteiger partial charge in [0.15, 0.2) is 5.78 Å². The molecule has 1 atom stereocenters. The zero-order chi connectivity index (χ0) is 13.2. The highest BCUT2D eigenvalue weighted by Gasteiger charge is 2.38. The monoisotopic (exact) mass is 302 g/mol. The molecule has 1 aromatic carbocycles. The molecule has 0 aliphatic rings. The number of ketones is 1. The molecular formula is C11H11BrO5. The minimum Gasteiger partial charge on any atom is -0.508 e. The van der Waals surface area contributed by atoms with Crippen molar-refractivity contribution in [3.8, 4) is 11.5 Å². The van der Waals surface area contributed by atoms with Gasteiger partial charge in [0.05, 0.1) is 4.47 Å². The number of halogens is 1. The van der Waals surface area contributed by atoms with Crippen LogP contribution in [0.4, 0.5) is 0 Å². The van der Waals surface area contributed by atoms with Gasteiger partial charge in [0.2, 0.25) is 5.60 Å². The van der Waals surface area contributed by atoms with E-state index < -0.39 is 17.4 Å². The van der Waals surface area contributed by atoms with E-state index in [0.717, 1.165) is 13.8 Å². The van der Waals surface area contributed by atoms with E-state index in [-0.39, 0.29) is 11.5 Å². The summed E-state index contributed by atoms with van der Waals surface area (Å²) in [5, 5.41) is 18.8. The maximum absolute atomic E-state index is 11.5. The van der Waals surface area contributed by atoms with E-state index in [2.05, 4.69) is 15.9 Å². The van der Waals surface area contributed by atoms with Gasteiger partial charge in [-0.05, 0) is 41.9 Å². The van der Waals surface area contributed by atoms with Crippen LogP contribution in [0.25, 0.3) is 0 Å². The van der Waals surface area contributed by atoms with Crippen LogP contribution in [-0.2, 0) is 9.59 Å². The maximum atomic E-state index is 11.5. The molecule has 2 N–H and O–H groups in total. The van der Waals surface area contributed by atoms with Gasteiger partial charge in [0.1, 0.15) is 11.5 Å². The van der Waals surface area contributed by atoms with Gasteiger partial charge in [0.25, 0.3) is 0 Å². The zero-order valence-corrected chi connectivity index (χ0v) is 10.8. The molecule has 5 nitrogen and oxygen atoms in total. The fourth-order valence-corrected chi connectivity index (χ4v) is 1.24. The summed E-state index contributed by atoms with van der Waals surface area (Å²) in [6.07, 6.45) is 0. The summed E-state index contributed by atoms with van der Waals surface area (Å²) in [6.45, 7) is 2.13. The first-order valence-corrected chi connectivity index (χ1v) is 5.48. The predicted molar refractivity (Wildman–Crippen MR) is 62.7 cm³/mol. The number of phenolic OH excluding ortho intramolecular Hbond substituents is 1. The Balaban J connectivity index is 2.96. The van der Waals surface area contributed by atoms with Crippen molar-refractivity contribution in [3.05, 3.63) is 22.7 Å². The van der Waals surface area contributed by atoms with Crippen LogP contribution in [0.1, 0.15) is 13.8 Å². The number of ether oxygens (including phenoxy) is 1. The molecule has 0 aliphatic carbocycles. The predicted octanol–water partition coefficient (Wildman–Crippen LogP) is 1.40. The molecule has 0 radical (unpaired) electrons. The molecule has 0 spiro atoms. The highest BCUT2D eigenvalue weighted by atomic mass is 79.9. The van der Waals surface area contributed by atoms with Crippen molar-refractivity contribution in [3.63, 3.8) is 0 Å². The Morgan fingerprint density at radius 1 is 1.41 bits per heavy atom. The molecule has 0 amide bonds. The van der Waals surface area contributed by atoms with Crippen LogP contribution < -0.4 is 4.74 Å². The molecule has 1 aromatic rings. The number of hydrogen-bond acceptors (Lipinski definition) is 5. The van der Waals surface area contributed by atoms with Crippen molar-refractivity contribution in [2.45, 2.75) is 19.4 Å². The highest BCUT2D eigenvalue weighted by molar-refractivity contribution is 9.10. The third kappa shape index (κ3) is 3.04. The van der Waals surface area contributed by atoms with E-state index in [9.17, 15) is 19.8 Å². The molecule has 0 saturated carbocycles. The lowest BCUT2D eigenvalue weighted by atomic mass is 10.0. The van der Waals surface area contributed by atoms with Crippen LogP contribution in [0.5, 0.6) is 11.5 Å².